The van der Waals surface area contributed by atoms with Gasteiger partial charge in [0.2, 0.25) is 5.95 Å². The molecule has 0 spiro atoms. The van der Waals surface area contributed by atoms with E-state index in [1.807, 2.05) is 11.8 Å². The number of fused-ring (bicyclic) bond motifs is 1. The van der Waals surface area contributed by atoms with Crippen molar-refractivity contribution in [2.75, 3.05) is 41.4 Å². The van der Waals surface area contributed by atoms with Crippen molar-refractivity contribution in [3.05, 3.63) is 11.4 Å². The molecule has 3 heterocycles. The predicted molar refractivity (Wildman–Crippen MR) is 85.7 cm³/mol. The van der Waals surface area contributed by atoms with Crippen LogP contribution in [0.4, 0.5) is 11.8 Å². The van der Waals surface area contributed by atoms with Gasteiger partial charge in [-0.25, -0.2) is 4.98 Å². The van der Waals surface area contributed by atoms with Gasteiger partial charge in [-0.3, -0.25) is 0 Å². The van der Waals surface area contributed by atoms with Crippen LogP contribution >= 0.6 is 23.1 Å². The first kappa shape index (κ1) is 13.0. The fourth-order valence-corrected chi connectivity index (χ4v) is 3.92. The van der Waals surface area contributed by atoms with E-state index in [4.69, 9.17) is 4.98 Å². The van der Waals surface area contributed by atoms with E-state index in [1.165, 1.54) is 23.3 Å². The molecule has 19 heavy (non-hydrogen) atoms. The number of hydrogen-bond donors (Lipinski definition) is 1. The minimum Gasteiger partial charge on any atom is -0.355 e. The lowest BCUT2D eigenvalue weighted by molar-refractivity contribution is 0.804. The Morgan fingerprint density at radius 1 is 1.32 bits per heavy atom. The maximum absolute atomic E-state index is 4.73. The second-order valence-corrected chi connectivity index (χ2v) is 6.61. The molecule has 2 aromatic rings. The van der Waals surface area contributed by atoms with E-state index < -0.39 is 0 Å². The van der Waals surface area contributed by atoms with Gasteiger partial charge in [0.1, 0.15) is 10.6 Å². The summed E-state index contributed by atoms with van der Waals surface area (Å²) in [5.74, 6) is 4.30. The second-order valence-electron chi connectivity index (χ2n) is 4.49. The van der Waals surface area contributed by atoms with E-state index in [0.29, 0.717) is 0 Å². The van der Waals surface area contributed by atoms with Crippen LogP contribution in [0.2, 0.25) is 0 Å². The van der Waals surface area contributed by atoms with Gasteiger partial charge in [0, 0.05) is 25.4 Å². The summed E-state index contributed by atoms with van der Waals surface area (Å²) in [6, 6.07) is 2.14. The highest BCUT2D eigenvalue weighted by molar-refractivity contribution is 7.99. The third kappa shape index (κ3) is 2.79. The molecule has 3 rings (SSSR count). The molecule has 102 valence electrons. The van der Waals surface area contributed by atoms with Crippen LogP contribution in [0.3, 0.4) is 0 Å². The molecule has 0 amide bonds. The number of nitrogens with one attached hydrogen (secondary N) is 1. The molecule has 1 saturated heterocycles. The van der Waals surface area contributed by atoms with Crippen molar-refractivity contribution in [1.82, 2.24) is 9.97 Å². The maximum Gasteiger partial charge on any atom is 0.226 e. The minimum absolute atomic E-state index is 0.754. The molecule has 0 bridgehead atoms. The topological polar surface area (TPSA) is 41.1 Å². The van der Waals surface area contributed by atoms with Gasteiger partial charge in [-0.15, -0.1) is 11.3 Å². The molecule has 0 radical (unpaired) electrons. The molecule has 2 aromatic heterocycles. The van der Waals surface area contributed by atoms with Crippen molar-refractivity contribution in [3.63, 3.8) is 0 Å². The number of aromatic nitrogens is 2. The van der Waals surface area contributed by atoms with Gasteiger partial charge in [0.25, 0.3) is 0 Å². The highest BCUT2D eigenvalue weighted by atomic mass is 32.2. The summed E-state index contributed by atoms with van der Waals surface area (Å²) in [7, 11) is 0. The molecule has 6 heteroatoms. The zero-order valence-electron chi connectivity index (χ0n) is 11.1. The van der Waals surface area contributed by atoms with Crippen LogP contribution in [0.5, 0.6) is 0 Å². The van der Waals surface area contributed by atoms with E-state index in [0.717, 1.165) is 36.2 Å². The Kier molecular flexibility index (Phi) is 4.08. The molecule has 4 nitrogen and oxygen atoms in total. The third-order valence-corrected chi connectivity index (χ3v) is 5.02. The van der Waals surface area contributed by atoms with Gasteiger partial charge >= 0.3 is 0 Å². The van der Waals surface area contributed by atoms with E-state index in [9.17, 15) is 0 Å². The zero-order chi connectivity index (χ0) is 13.1. The highest BCUT2D eigenvalue weighted by Gasteiger charge is 2.16. The normalized spacial score (nSPS) is 16.6. The van der Waals surface area contributed by atoms with Crippen LogP contribution in [0.25, 0.3) is 10.2 Å². The van der Waals surface area contributed by atoms with Gasteiger partial charge in [-0.1, -0.05) is 0 Å². The fourth-order valence-electron chi connectivity index (χ4n) is 2.28. The number of hydrogen-bond acceptors (Lipinski definition) is 6. The van der Waals surface area contributed by atoms with Crippen molar-refractivity contribution in [2.24, 2.45) is 0 Å². The lowest BCUT2D eigenvalue weighted by Crippen LogP contribution is -2.27. The SMILES string of the molecule is CCNc1nc(N2CCCSCC2)c2ccsc2n1. The largest absolute Gasteiger partial charge is 0.355 e. The van der Waals surface area contributed by atoms with Crippen LogP contribution < -0.4 is 10.2 Å². The monoisotopic (exact) mass is 294 g/mol. The third-order valence-electron chi connectivity index (χ3n) is 3.16. The molecule has 0 unspecified atom stereocenters. The van der Waals surface area contributed by atoms with Crippen molar-refractivity contribution < 1.29 is 0 Å². The smallest absolute Gasteiger partial charge is 0.226 e. The summed E-state index contributed by atoms with van der Waals surface area (Å²) in [4.78, 5) is 12.8. The van der Waals surface area contributed by atoms with Crippen molar-refractivity contribution in [1.29, 1.82) is 0 Å². The van der Waals surface area contributed by atoms with E-state index >= 15 is 0 Å². The van der Waals surface area contributed by atoms with Gasteiger partial charge in [-0.2, -0.15) is 16.7 Å². The number of thiophene rings is 1. The average Bonchev–Trinajstić information content (AvgIpc) is 2.72. The Labute approximate surface area is 121 Å². The Morgan fingerprint density at radius 3 is 3.16 bits per heavy atom. The Morgan fingerprint density at radius 2 is 2.26 bits per heavy atom. The van der Waals surface area contributed by atoms with Gasteiger partial charge in [0.15, 0.2) is 0 Å². The van der Waals surface area contributed by atoms with Crippen molar-refractivity contribution in [3.8, 4) is 0 Å². The number of thioether (sulfide) groups is 1. The quantitative estimate of drug-likeness (QED) is 0.942. The van der Waals surface area contributed by atoms with Crippen molar-refractivity contribution >= 4 is 45.1 Å². The number of rotatable bonds is 3. The summed E-state index contributed by atoms with van der Waals surface area (Å²) < 4.78 is 0. The maximum atomic E-state index is 4.73. The van der Waals surface area contributed by atoms with Crippen LogP contribution in [-0.4, -0.2) is 41.1 Å². The van der Waals surface area contributed by atoms with Crippen LogP contribution in [-0.2, 0) is 0 Å². The van der Waals surface area contributed by atoms with Crippen LogP contribution in [0, 0.1) is 0 Å². The molecule has 1 N–H and O–H groups in total. The van der Waals surface area contributed by atoms with Crippen LogP contribution in [0.15, 0.2) is 11.4 Å². The number of nitrogens with zero attached hydrogens (tertiary/aromatic N) is 3. The Hall–Kier alpha value is -1.01. The van der Waals surface area contributed by atoms with E-state index in [1.54, 1.807) is 11.3 Å². The lowest BCUT2D eigenvalue weighted by Gasteiger charge is -2.22. The first-order valence-electron chi connectivity index (χ1n) is 6.70. The summed E-state index contributed by atoms with van der Waals surface area (Å²) in [5, 5.41) is 6.53. The highest BCUT2D eigenvalue weighted by Crippen LogP contribution is 2.30. The summed E-state index contributed by atoms with van der Waals surface area (Å²) >= 11 is 3.73. The fraction of sp³-hybridized carbons (Fsp3) is 0.538. The Bertz CT molecular complexity index is 547. The van der Waals surface area contributed by atoms with Gasteiger partial charge < -0.3 is 10.2 Å². The van der Waals surface area contributed by atoms with E-state index in [2.05, 4.69) is 33.6 Å². The Balaban J connectivity index is 2.01. The molecule has 0 atom stereocenters. The predicted octanol–water partition coefficient (Wildman–Crippen LogP) is 3.07. The molecular weight excluding hydrogens is 276 g/mol. The average molecular weight is 294 g/mol. The minimum atomic E-state index is 0.754. The molecule has 0 saturated carbocycles. The van der Waals surface area contributed by atoms with Gasteiger partial charge in [0.05, 0.1) is 5.39 Å². The zero-order valence-corrected chi connectivity index (χ0v) is 12.7. The first-order valence-corrected chi connectivity index (χ1v) is 8.73. The lowest BCUT2D eigenvalue weighted by atomic mass is 10.3. The molecule has 0 aromatic carbocycles. The second kappa shape index (κ2) is 5.96. The van der Waals surface area contributed by atoms with E-state index in [-0.39, 0.29) is 0 Å². The number of anilines is 2. The molecule has 1 aliphatic heterocycles. The summed E-state index contributed by atoms with van der Waals surface area (Å²) in [5.41, 5.74) is 0. The molecular formula is C13H18N4S2. The molecule has 0 aliphatic carbocycles. The molecule has 1 aliphatic rings. The van der Waals surface area contributed by atoms with Crippen LogP contribution in [0.1, 0.15) is 13.3 Å². The van der Waals surface area contributed by atoms with Gasteiger partial charge in [-0.05, 0) is 30.5 Å². The first-order chi connectivity index (χ1) is 9.38. The van der Waals surface area contributed by atoms with Crippen molar-refractivity contribution in [2.45, 2.75) is 13.3 Å². The summed E-state index contributed by atoms with van der Waals surface area (Å²) in [6.07, 6.45) is 1.23. The molecule has 1 fully saturated rings. The summed E-state index contributed by atoms with van der Waals surface area (Å²) in [6.45, 7) is 5.11. The standard InChI is InChI=1S/C13H18N4S2/c1-2-14-13-15-11(10-4-8-19-12(10)16-13)17-5-3-7-18-9-6-17/h4,8H,2-3,5-7,9H2,1H3,(H,14,15,16).